The summed E-state index contributed by atoms with van der Waals surface area (Å²) >= 11 is 9.45. The first kappa shape index (κ1) is 25.4. The van der Waals surface area contributed by atoms with Crippen molar-refractivity contribution in [2.45, 2.75) is 4.90 Å². The van der Waals surface area contributed by atoms with E-state index in [1.165, 1.54) is 22.5 Å². The maximum atomic E-state index is 13.2. The average Bonchev–Trinajstić information content (AvgIpc) is 2.88. The van der Waals surface area contributed by atoms with Crippen LogP contribution in [-0.2, 0) is 14.8 Å². The number of benzene rings is 3. The van der Waals surface area contributed by atoms with Gasteiger partial charge in [-0.15, -0.1) is 0 Å². The van der Waals surface area contributed by atoms with Crippen molar-refractivity contribution in [3.05, 3.63) is 93.4 Å². The second kappa shape index (κ2) is 10.9. The summed E-state index contributed by atoms with van der Waals surface area (Å²) in [5, 5.41) is 0.0407. The Bertz CT molecular complexity index is 1330. The molecule has 0 saturated carbocycles. The lowest BCUT2D eigenvalue weighted by molar-refractivity contribution is 0.0474. The zero-order valence-corrected chi connectivity index (χ0v) is 21.7. The number of ether oxygens (including phenoxy) is 1. The van der Waals surface area contributed by atoms with Gasteiger partial charge in [0.15, 0.2) is 12.4 Å². The van der Waals surface area contributed by atoms with Gasteiger partial charge in [0.05, 0.1) is 15.5 Å². The fourth-order valence-electron chi connectivity index (χ4n) is 3.72. The average molecular weight is 578 g/mol. The first-order chi connectivity index (χ1) is 16.8. The molecular weight excluding hydrogens is 556 g/mol. The van der Waals surface area contributed by atoms with E-state index in [0.29, 0.717) is 31.7 Å². The van der Waals surface area contributed by atoms with E-state index in [-0.39, 0.29) is 21.3 Å². The smallest absolute Gasteiger partial charge is 0.340 e. The summed E-state index contributed by atoms with van der Waals surface area (Å²) in [5.41, 5.74) is 1.32. The standard InChI is InChI=1S/C25H22BrClN2O5S/c26-19-8-6-18(7-9-19)24(30)17-34-25(31)22-16-21(10-11-23(22)27)35(32,33)29-14-12-28(13-15-29)20-4-2-1-3-5-20/h1-11,16H,12-15,17H2. The molecule has 0 bridgehead atoms. The number of rotatable bonds is 7. The minimum atomic E-state index is -3.85. The molecule has 0 atom stereocenters. The number of hydrogen-bond acceptors (Lipinski definition) is 6. The number of Topliss-reactive ketones (excluding diaryl/α,β-unsaturated/α-hetero) is 1. The van der Waals surface area contributed by atoms with Crippen LogP contribution in [-0.4, -0.2) is 57.3 Å². The Hall–Kier alpha value is -2.72. The molecule has 1 fully saturated rings. The number of halogens is 2. The molecule has 3 aromatic rings. The van der Waals surface area contributed by atoms with Crippen LogP contribution in [0.25, 0.3) is 0 Å². The van der Waals surface area contributed by atoms with Gasteiger partial charge in [0, 0.05) is 41.9 Å². The van der Waals surface area contributed by atoms with Gasteiger partial charge in [-0.3, -0.25) is 4.79 Å². The molecule has 10 heteroatoms. The molecule has 1 saturated heterocycles. The van der Waals surface area contributed by atoms with Gasteiger partial charge in [0.25, 0.3) is 0 Å². The molecule has 0 N–H and O–H groups in total. The molecule has 0 aliphatic carbocycles. The van der Waals surface area contributed by atoms with E-state index in [0.717, 1.165) is 10.2 Å². The molecule has 1 heterocycles. The summed E-state index contributed by atoms with van der Waals surface area (Å²) < 4.78 is 33.8. The van der Waals surface area contributed by atoms with Crippen LogP contribution in [0.2, 0.25) is 5.02 Å². The van der Waals surface area contributed by atoms with Crippen LogP contribution in [0.3, 0.4) is 0 Å². The number of esters is 1. The first-order valence-electron chi connectivity index (χ1n) is 10.8. The summed E-state index contributed by atoms with van der Waals surface area (Å²) in [7, 11) is -3.85. The molecule has 35 heavy (non-hydrogen) atoms. The lowest BCUT2D eigenvalue weighted by atomic mass is 10.1. The number of carbonyl (C=O) groups excluding carboxylic acids is 2. The maximum absolute atomic E-state index is 13.2. The highest BCUT2D eigenvalue weighted by Crippen LogP contribution is 2.25. The molecule has 0 radical (unpaired) electrons. The summed E-state index contributed by atoms with van der Waals surface area (Å²) in [5.74, 6) is -1.26. The van der Waals surface area contributed by atoms with Gasteiger partial charge < -0.3 is 9.64 Å². The van der Waals surface area contributed by atoms with Crippen LogP contribution in [0, 0.1) is 0 Å². The topological polar surface area (TPSA) is 84.0 Å². The van der Waals surface area contributed by atoms with E-state index in [2.05, 4.69) is 20.8 Å². The van der Waals surface area contributed by atoms with Crippen molar-refractivity contribution in [1.29, 1.82) is 0 Å². The van der Waals surface area contributed by atoms with Crippen molar-refractivity contribution in [3.63, 3.8) is 0 Å². The summed E-state index contributed by atoms with van der Waals surface area (Å²) in [6.07, 6.45) is 0. The van der Waals surface area contributed by atoms with Gasteiger partial charge >= 0.3 is 5.97 Å². The number of para-hydroxylation sites is 1. The Labute approximate surface area is 217 Å². The predicted octanol–water partition coefficient (Wildman–Crippen LogP) is 4.65. The third-order valence-corrected chi connectivity index (χ3v) is 8.41. The van der Waals surface area contributed by atoms with Crippen molar-refractivity contribution < 1.29 is 22.7 Å². The predicted molar refractivity (Wildman–Crippen MR) is 138 cm³/mol. The van der Waals surface area contributed by atoms with E-state index in [1.807, 2.05) is 30.3 Å². The number of anilines is 1. The van der Waals surface area contributed by atoms with Crippen molar-refractivity contribution in [1.82, 2.24) is 4.31 Å². The quantitative estimate of drug-likeness (QED) is 0.300. The lowest BCUT2D eigenvalue weighted by Gasteiger charge is -2.35. The highest BCUT2D eigenvalue weighted by atomic mass is 79.9. The fourth-order valence-corrected chi connectivity index (χ4v) is 5.63. The Balaban J connectivity index is 1.43. The molecular formula is C25H22BrClN2O5S. The van der Waals surface area contributed by atoms with Gasteiger partial charge in [0.2, 0.25) is 10.0 Å². The molecule has 0 spiro atoms. The Morgan fingerprint density at radius 3 is 2.23 bits per heavy atom. The molecule has 7 nitrogen and oxygen atoms in total. The molecule has 1 aliphatic rings. The van der Waals surface area contributed by atoms with Crippen molar-refractivity contribution >= 4 is 55.0 Å². The summed E-state index contributed by atoms with van der Waals surface area (Å²) in [6.45, 7) is 1.21. The van der Waals surface area contributed by atoms with Gasteiger partial charge in [-0.2, -0.15) is 4.31 Å². The van der Waals surface area contributed by atoms with Gasteiger partial charge in [-0.1, -0.05) is 57.9 Å². The number of ketones is 1. The summed E-state index contributed by atoms with van der Waals surface area (Å²) in [6, 6.07) is 20.4. The van der Waals surface area contributed by atoms with Crippen LogP contribution in [0.15, 0.2) is 82.2 Å². The van der Waals surface area contributed by atoms with Crippen LogP contribution in [0.1, 0.15) is 20.7 Å². The van der Waals surface area contributed by atoms with Crippen molar-refractivity contribution in [2.24, 2.45) is 0 Å². The molecule has 0 unspecified atom stereocenters. The van der Waals surface area contributed by atoms with E-state index in [4.69, 9.17) is 16.3 Å². The van der Waals surface area contributed by atoms with E-state index >= 15 is 0 Å². The molecule has 0 amide bonds. The van der Waals surface area contributed by atoms with Crippen LogP contribution < -0.4 is 4.90 Å². The normalized spacial score (nSPS) is 14.5. The first-order valence-corrected chi connectivity index (χ1v) is 13.4. The van der Waals surface area contributed by atoms with Gasteiger partial charge in [-0.25, -0.2) is 13.2 Å². The second-order valence-corrected chi connectivity index (χ2v) is 11.1. The second-order valence-electron chi connectivity index (χ2n) is 7.87. The maximum Gasteiger partial charge on any atom is 0.340 e. The lowest BCUT2D eigenvalue weighted by Crippen LogP contribution is -2.48. The van der Waals surface area contributed by atoms with E-state index in [1.54, 1.807) is 24.3 Å². The Kier molecular flexibility index (Phi) is 7.91. The van der Waals surface area contributed by atoms with Crippen molar-refractivity contribution in [2.75, 3.05) is 37.7 Å². The third-order valence-electron chi connectivity index (χ3n) is 5.66. The van der Waals surface area contributed by atoms with Crippen LogP contribution >= 0.6 is 27.5 Å². The molecule has 4 rings (SSSR count). The molecule has 182 valence electrons. The molecule has 0 aromatic heterocycles. The van der Waals surface area contributed by atoms with Crippen LogP contribution in [0.4, 0.5) is 5.69 Å². The zero-order chi connectivity index (χ0) is 25.0. The molecule has 3 aromatic carbocycles. The van der Waals surface area contributed by atoms with Gasteiger partial charge in [-0.05, 0) is 42.5 Å². The Morgan fingerprint density at radius 2 is 1.57 bits per heavy atom. The van der Waals surface area contributed by atoms with E-state index < -0.39 is 22.6 Å². The Morgan fingerprint density at radius 1 is 0.914 bits per heavy atom. The highest BCUT2D eigenvalue weighted by Gasteiger charge is 2.30. The SMILES string of the molecule is O=C(COC(=O)c1cc(S(=O)(=O)N2CCN(c3ccccc3)CC2)ccc1Cl)c1ccc(Br)cc1. The number of nitrogens with zero attached hydrogens (tertiary/aromatic N) is 2. The van der Waals surface area contributed by atoms with Crippen molar-refractivity contribution in [3.8, 4) is 0 Å². The minimum absolute atomic E-state index is 0.0407. The number of hydrogen-bond donors (Lipinski definition) is 0. The number of piperazine rings is 1. The summed E-state index contributed by atoms with van der Waals surface area (Å²) in [4.78, 5) is 27.0. The fraction of sp³-hybridized carbons (Fsp3) is 0.200. The monoisotopic (exact) mass is 576 g/mol. The third kappa shape index (κ3) is 5.92. The highest BCUT2D eigenvalue weighted by molar-refractivity contribution is 9.10. The zero-order valence-electron chi connectivity index (χ0n) is 18.6. The minimum Gasteiger partial charge on any atom is -0.454 e. The van der Waals surface area contributed by atoms with E-state index in [9.17, 15) is 18.0 Å². The van der Waals surface area contributed by atoms with Crippen LogP contribution in [0.5, 0.6) is 0 Å². The number of sulfonamides is 1. The molecule has 1 aliphatic heterocycles. The largest absolute Gasteiger partial charge is 0.454 e. The van der Waals surface area contributed by atoms with Gasteiger partial charge in [0.1, 0.15) is 0 Å². The number of carbonyl (C=O) groups is 2.